The van der Waals surface area contributed by atoms with Gasteiger partial charge in [0.2, 0.25) is 5.24 Å². The minimum absolute atomic E-state index is 0.0559. The average molecular weight is 173 g/mol. The van der Waals surface area contributed by atoms with Crippen LogP contribution in [0.25, 0.3) is 0 Å². The molecule has 0 fully saturated rings. The van der Waals surface area contributed by atoms with Crippen molar-refractivity contribution in [1.82, 2.24) is 0 Å². The molecule has 0 N–H and O–H groups in total. The Morgan fingerprint density at radius 1 is 1.73 bits per heavy atom. The Hall–Kier alpha value is -0.300. The Kier molecular flexibility index (Phi) is 2.72. The van der Waals surface area contributed by atoms with Crippen molar-refractivity contribution in [3.8, 4) is 0 Å². The summed E-state index contributed by atoms with van der Waals surface area (Å²) in [4.78, 5) is 10.9. The molecule has 0 saturated heterocycles. The van der Waals surface area contributed by atoms with Crippen molar-refractivity contribution < 1.29 is 4.79 Å². The van der Waals surface area contributed by atoms with Crippen molar-refractivity contribution in [3.63, 3.8) is 0 Å². The smallest absolute Gasteiger partial charge is 0.225 e. The normalized spacial score (nSPS) is 31.4. The van der Waals surface area contributed by atoms with Gasteiger partial charge in [0.15, 0.2) is 0 Å². The Labute approximate surface area is 72.4 Å². The standard InChI is InChI=1S/C9H13ClO/c1-6-3-4-8(9(10)11)7(2)5-6/h3,7-8H,4-5H2,1-2H3/t7-,8+/m0/s1. The van der Waals surface area contributed by atoms with E-state index in [9.17, 15) is 4.79 Å². The highest BCUT2D eigenvalue weighted by molar-refractivity contribution is 6.64. The maximum Gasteiger partial charge on any atom is 0.225 e. The van der Waals surface area contributed by atoms with Crippen LogP contribution in [0.5, 0.6) is 0 Å². The summed E-state index contributed by atoms with van der Waals surface area (Å²) in [6.45, 7) is 4.19. The molecule has 1 aliphatic rings. The van der Waals surface area contributed by atoms with Gasteiger partial charge in [0, 0.05) is 5.92 Å². The summed E-state index contributed by atoms with van der Waals surface area (Å²) in [6.07, 6.45) is 3.96. The van der Waals surface area contributed by atoms with Gasteiger partial charge in [0.1, 0.15) is 0 Å². The van der Waals surface area contributed by atoms with E-state index in [0.29, 0.717) is 5.92 Å². The molecule has 0 aromatic carbocycles. The summed E-state index contributed by atoms with van der Waals surface area (Å²) in [7, 11) is 0. The molecule has 0 radical (unpaired) electrons. The van der Waals surface area contributed by atoms with E-state index >= 15 is 0 Å². The van der Waals surface area contributed by atoms with Crippen LogP contribution in [0.3, 0.4) is 0 Å². The predicted octanol–water partition coefficient (Wildman–Crippen LogP) is 2.74. The lowest BCUT2D eigenvalue weighted by Gasteiger charge is -2.24. The van der Waals surface area contributed by atoms with E-state index in [1.165, 1.54) is 5.57 Å². The molecule has 1 nitrogen and oxygen atoms in total. The van der Waals surface area contributed by atoms with Crippen LogP contribution in [0.2, 0.25) is 0 Å². The molecule has 62 valence electrons. The van der Waals surface area contributed by atoms with Crippen LogP contribution in [-0.4, -0.2) is 5.24 Å². The number of hydrogen-bond donors (Lipinski definition) is 0. The van der Waals surface area contributed by atoms with Crippen molar-refractivity contribution in [1.29, 1.82) is 0 Å². The van der Waals surface area contributed by atoms with E-state index < -0.39 is 0 Å². The second kappa shape index (κ2) is 3.40. The van der Waals surface area contributed by atoms with Crippen molar-refractivity contribution in [2.75, 3.05) is 0 Å². The van der Waals surface area contributed by atoms with Crippen LogP contribution in [0.15, 0.2) is 11.6 Å². The maximum absolute atomic E-state index is 10.9. The van der Waals surface area contributed by atoms with Gasteiger partial charge in [0.05, 0.1) is 0 Å². The van der Waals surface area contributed by atoms with Crippen molar-refractivity contribution >= 4 is 16.8 Å². The Morgan fingerprint density at radius 2 is 2.36 bits per heavy atom. The van der Waals surface area contributed by atoms with Crippen LogP contribution >= 0.6 is 11.6 Å². The third kappa shape index (κ3) is 2.06. The molecule has 0 aliphatic heterocycles. The van der Waals surface area contributed by atoms with Gasteiger partial charge in [-0.3, -0.25) is 4.79 Å². The summed E-state index contributed by atoms with van der Waals surface area (Å²) in [5.74, 6) is 0.477. The van der Waals surface area contributed by atoms with Gasteiger partial charge in [0.25, 0.3) is 0 Å². The first-order valence-electron chi connectivity index (χ1n) is 3.96. The van der Waals surface area contributed by atoms with Crippen LogP contribution in [0, 0.1) is 11.8 Å². The quantitative estimate of drug-likeness (QED) is 0.439. The molecule has 0 unspecified atom stereocenters. The largest absolute Gasteiger partial charge is 0.281 e. The number of rotatable bonds is 1. The monoisotopic (exact) mass is 172 g/mol. The molecule has 0 saturated carbocycles. The highest BCUT2D eigenvalue weighted by Gasteiger charge is 2.25. The van der Waals surface area contributed by atoms with Crippen molar-refractivity contribution in [3.05, 3.63) is 11.6 Å². The third-order valence-electron chi connectivity index (χ3n) is 2.34. The lowest BCUT2D eigenvalue weighted by molar-refractivity contribution is -0.116. The number of hydrogen-bond acceptors (Lipinski definition) is 1. The van der Waals surface area contributed by atoms with E-state index in [4.69, 9.17) is 11.6 Å². The SMILES string of the molecule is CC1=CC[C@@H](C(=O)Cl)[C@@H](C)C1. The fraction of sp³-hybridized carbons (Fsp3) is 0.667. The number of carbonyl (C=O) groups excluding carboxylic acids is 1. The first kappa shape index (κ1) is 8.79. The Bertz CT molecular complexity index is 196. The lowest BCUT2D eigenvalue weighted by Crippen LogP contribution is -2.20. The van der Waals surface area contributed by atoms with E-state index in [-0.39, 0.29) is 11.2 Å². The fourth-order valence-electron chi connectivity index (χ4n) is 1.61. The molecule has 1 aliphatic carbocycles. The second-order valence-electron chi connectivity index (χ2n) is 3.38. The molecule has 1 rings (SSSR count). The third-order valence-corrected chi connectivity index (χ3v) is 2.62. The topological polar surface area (TPSA) is 17.1 Å². The molecule has 0 heterocycles. The molecule has 0 amide bonds. The number of allylic oxidation sites excluding steroid dienone is 2. The van der Waals surface area contributed by atoms with E-state index in [1.54, 1.807) is 0 Å². The molecular formula is C9H13ClO. The van der Waals surface area contributed by atoms with Gasteiger partial charge in [-0.15, -0.1) is 0 Å². The Morgan fingerprint density at radius 3 is 2.82 bits per heavy atom. The number of halogens is 1. The van der Waals surface area contributed by atoms with Gasteiger partial charge in [-0.25, -0.2) is 0 Å². The van der Waals surface area contributed by atoms with Gasteiger partial charge in [-0.1, -0.05) is 18.6 Å². The van der Waals surface area contributed by atoms with Crippen LogP contribution in [0.4, 0.5) is 0 Å². The van der Waals surface area contributed by atoms with Gasteiger partial charge >= 0.3 is 0 Å². The van der Waals surface area contributed by atoms with Gasteiger partial charge in [-0.05, 0) is 37.3 Å². The Balaban J connectivity index is 2.65. The fourth-order valence-corrected chi connectivity index (χ4v) is 1.91. The molecular weight excluding hydrogens is 160 g/mol. The molecule has 0 aromatic heterocycles. The van der Waals surface area contributed by atoms with Crippen molar-refractivity contribution in [2.45, 2.75) is 26.7 Å². The molecule has 0 spiro atoms. The number of carbonyl (C=O) groups is 1. The summed E-state index contributed by atoms with van der Waals surface area (Å²) in [5, 5.41) is -0.179. The minimum Gasteiger partial charge on any atom is -0.281 e. The van der Waals surface area contributed by atoms with E-state index in [2.05, 4.69) is 19.9 Å². The molecule has 0 bridgehead atoms. The summed E-state index contributed by atoms with van der Waals surface area (Å²) in [5.41, 5.74) is 1.38. The summed E-state index contributed by atoms with van der Waals surface area (Å²) >= 11 is 5.43. The molecule has 0 aromatic rings. The van der Waals surface area contributed by atoms with Crippen LogP contribution in [0.1, 0.15) is 26.7 Å². The van der Waals surface area contributed by atoms with Crippen LogP contribution in [-0.2, 0) is 4.79 Å². The molecule has 2 heteroatoms. The first-order valence-corrected chi connectivity index (χ1v) is 4.34. The van der Waals surface area contributed by atoms with Gasteiger partial charge in [-0.2, -0.15) is 0 Å². The second-order valence-corrected chi connectivity index (χ2v) is 3.75. The summed E-state index contributed by atoms with van der Waals surface area (Å²) in [6, 6.07) is 0. The summed E-state index contributed by atoms with van der Waals surface area (Å²) < 4.78 is 0. The molecule has 2 atom stereocenters. The highest BCUT2D eigenvalue weighted by Crippen LogP contribution is 2.30. The highest BCUT2D eigenvalue weighted by atomic mass is 35.5. The van der Waals surface area contributed by atoms with E-state index in [0.717, 1.165) is 12.8 Å². The lowest BCUT2D eigenvalue weighted by atomic mass is 9.82. The zero-order valence-electron chi connectivity index (χ0n) is 6.93. The average Bonchev–Trinajstić information content (AvgIpc) is 1.85. The zero-order chi connectivity index (χ0) is 8.43. The predicted molar refractivity (Wildman–Crippen MR) is 46.5 cm³/mol. The first-order chi connectivity index (χ1) is 5.11. The van der Waals surface area contributed by atoms with Crippen molar-refractivity contribution in [2.24, 2.45) is 11.8 Å². The zero-order valence-corrected chi connectivity index (χ0v) is 7.69. The minimum atomic E-state index is -0.179. The molecule has 11 heavy (non-hydrogen) atoms. The van der Waals surface area contributed by atoms with Gasteiger partial charge < -0.3 is 0 Å². The van der Waals surface area contributed by atoms with E-state index in [1.807, 2.05) is 0 Å². The van der Waals surface area contributed by atoms with Crippen LogP contribution < -0.4 is 0 Å². The maximum atomic E-state index is 10.9.